The summed E-state index contributed by atoms with van der Waals surface area (Å²) in [6.07, 6.45) is 5.71. The Hall–Kier alpha value is -1.75. The molecule has 1 aliphatic rings. The molecule has 0 radical (unpaired) electrons. The number of nitrogens with zero attached hydrogens (tertiary/aromatic N) is 1. The molecule has 5 heteroatoms. The van der Waals surface area contributed by atoms with Crippen LogP contribution in [-0.2, 0) is 0 Å². The average Bonchev–Trinajstić information content (AvgIpc) is 3.01. The maximum absolute atomic E-state index is 5.99. The van der Waals surface area contributed by atoms with Gasteiger partial charge < -0.3 is 4.72 Å². The lowest BCUT2D eigenvalue weighted by molar-refractivity contribution is 1.33. The Morgan fingerprint density at radius 2 is 1.73 bits per heavy atom. The van der Waals surface area contributed by atoms with E-state index in [1.54, 1.807) is 23.3 Å². The van der Waals surface area contributed by atoms with Crippen LogP contribution in [0.25, 0.3) is 16.0 Å². The molecule has 1 N–H and O–H groups in total. The quantitative estimate of drug-likeness (QED) is 0.626. The van der Waals surface area contributed by atoms with Gasteiger partial charge in [-0.3, -0.25) is 4.98 Å². The number of fused-ring (bicyclic) bond motifs is 1. The second-order valence-electron chi connectivity index (χ2n) is 4.83. The molecule has 0 fully saturated rings. The van der Waals surface area contributed by atoms with Crippen molar-refractivity contribution in [1.29, 1.82) is 0 Å². The third-order valence-corrected chi connectivity index (χ3v) is 5.83. The lowest BCUT2D eigenvalue weighted by atomic mass is 10.0. The molecule has 0 bridgehead atoms. The summed E-state index contributed by atoms with van der Waals surface area (Å²) in [6, 6.07) is 14.3. The van der Waals surface area contributed by atoms with Crippen molar-refractivity contribution < 1.29 is 0 Å². The molecule has 3 aromatic rings. The molecule has 0 amide bonds. The first kappa shape index (κ1) is 13.9. The van der Waals surface area contributed by atoms with Gasteiger partial charge in [-0.15, -0.1) is 11.3 Å². The number of halogens is 1. The zero-order valence-electron chi connectivity index (χ0n) is 11.4. The predicted octanol–water partition coefficient (Wildman–Crippen LogP) is 5.46. The summed E-state index contributed by atoms with van der Waals surface area (Å²) in [5.74, 6) is 0. The number of hydrogen-bond donors (Lipinski definition) is 1. The number of aromatic nitrogens is 1. The summed E-state index contributed by atoms with van der Waals surface area (Å²) in [4.78, 5) is 5.34. The molecule has 2 aromatic heterocycles. The van der Waals surface area contributed by atoms with E-state index < -0.39 is 0 Å². The molecule has 0 spiro atoms. The molecule has 0 aliphatic carbocycles. The summed E-state index contributed by atoms with van der Waals surface area (Å²) >= 11 is 9.44. The molecular formula is C17H11ClN2S2. The fraction of sp³-hybridized carbons (Fsp3) is 0. The van der Waals surface area contributed by atoms with Crippen LogP contribution in [0.5, 0.6) is 0 Å². The van der Waals surface area contributed by atoms with Gasteiger partial charge in [0.1, 0.15) is 0 Å². The van der Waals surface area contributed by atoms with Crippen LogP contribution in [-0.4, -0.2) is 4.98 Å². The fourth-order valence-electron chi connectivity index (χ4n) is 2.38. The highest BCUT2D eigenvalue weighted by atomic mass is 35.5. The highest BCUT2D eigenvalue weighted by molar-refractivity contribution is 7.99. The number of benzene rings is 1. The van der Waals surface area contributed by atoms with Gasteiger partial charge in [-0.05, 0) is 53.4 Å². The molecular weight excluding hydrogens is 332 g/mol. The van der Waals surface area contributed by atoms with Crippen molar-refractivity contribution in [3.05, 3.63) is 77.2 Å². The Bertz CT molecular complexity index is 839. The van der Waals surface area contributed by atoms with E-state index in [0.717, 1.165) is 10.6 Å². The van der Waals surface area contributed by atoms with Crippen molar-refractivity contribution in [3.63, 3.8) is 0 Å². The Morgan fingerprint density at radius 3 is 2.50 bits per heavy atom. The summed E-state index contributed by atoms with van der Waals surface area (Å²) in [6.45, 7) is 0. The van der Waals surface area contributed by atoms with Gasteiger partial charge in [-0.25, -0.2) is 0 Å². The third-order valence-electron chi connectivity index (χ3n) is 3.46. The van der Waals surface area contributed by atoms with Crippen molar-refractivity contribution in [1.82, 2.24) is 9.71 Å². The van der Waals surface area contributed by atoms with E-state index >= 15 is 0 Å². The average molecular weight is 343 g/mol. The summed E-state index contributed by atoms with van der Waals surface area (Å²) in [5.41, 5.74) is 4.83. The number of hydrogen-bond acceptors (Lipinski definition) is 4. The molecule has 0 saturated carbocycles. The van der Waals surface area contributed by atoms with E-state index in [0.29, 0.717) is 0 Å². The third kappa shape index (κ3) is 2.54. The van der Waals surface area contributed by atoms with Gasteiger partial charge in [0, 0.05) is 39.6 Å². The topological polar surface area (TPSA) is 24.9 Å². The van der Waals surface area contributed by atoms with Crippen LogP contribution in [0.2, 0.25) is 5.02 Å². The number of nitrogens with one attached hydrogen (secondary N) is 1. The van der Waals surface area contributed by atoms with Crippen molar-refractivity contribution in [2.24, 2.45) is 0 Å². The summed E-state index contributed by atoms with van der Waals surface area (Å²) in [5, 5.41) is 0.755. The van der Waals surface area contributed by atoms with Crippen LogP contribution in [0.3, 0.4) is 0 Å². The van der Waals surface area contributed by atoms with Crippen LogP contribution in [0, 0.1) is 0 Å². The van der Waals surface area contributed by atoms with Gasteiger partial charge in [0.2, 0.25) is 0 Å². The van der Waals surface area contributed by atoms with Gasteiger partial charge in [-0.1, -0.05) is 23.7 Å². The van der Waals surface area contributed by atoms with E-state index in [9.17, 15) is 0 Å². The van der Waals surface area contributed by atoms with Gasteiger partial charge in [-0.2, -0.15) is 0 Å². The minimum Gasteiger partial charge on any atom is -0.331 e. The maximum Gasteiger partial charge on any atom is 0.0893 e. The molecule has 1 aromatic carbocycles. The van der Waals surface area contributed by atoms with Crippen molar-refractivity contribution in [2.45, 2.75) is 4.21 Å². The fourth-order valence-corrected chi connectivity index (χ4v) is 4.56. The van der Waals surface area contributed by atoms with Crippen molar-refractivity contribution >= 4 is 40.5 Å². The molecule has 0 unspecified atom stereocenters. The maximum atomic E-state index is 5.99. The monoisotopic (exact) mass is 342 g/mol. The van der Waals surface area contributed by atoms with Crippen LogP contribution in [0.4, 0.5) is 0 Å². The minimum absolute atomic E-state index is 0.755. The molecule has 3 heterocycles. The summed E-state index contributed by atoms with van der Waals surface area (Å²) < 4.78 is 4.57. The van der Waals surface area contributed by atoms with Gasteiger partial charge >= 0.3 is 0 Å². The first-order valence-electron chi connectivity index (χ1n) is 6.74. The van der Waals surface area contributed by atoms with Gasteiger partial charge in [0.15, 0.2) is 0 Å². The second kappa shape index (κ2) is 5.80. The zero-order valence-corrected chi connectivity index (χ0v) is 13.8. The molecule has 22 heavy (non-hydrogen) atoms. The first-order chi connectivity index (χ1) is 10.8. The Balaban J connectivity index is 1.78. The van der Waals surface area contributed by atoms with Crippen LogP contribution >= 0.6 is 34.9 Å². The summed E-state index contributed by atoms with van der Waals surface area (Å²) in [7, 11) is 0. The lowest BCUT2D eigenvalue weighted by Gasteiger charge is -2.14. The van der Waals surface area contributed by atoms with Crippen molar-refractivity contribution in [2.75, 3.05) is 0 Å². The molecule has 1 aliphatic heterocycles. The Kier molecular flexibility index (Phi) is 3.66. The van der Waals surface area contributed by atoms with Crippen LogP contribution < -0.4 is 4.72 Å². The number of thiophene rings is 1. The van der Waals surface area contributed by atoms with E-state index in [4.69, 9.17) is 11.6 Å². The molecule has 4 rings (SSSR count). The second-order valence-corrected chi connectivity index (χ2v) is 7.43. The number of pyridine rings is 1. The lowest BCUT2D eigenvalue weighted by Crippen LogP contribution is -2.01. The molecule has 0 atom stereocenters. The molecule has 0 saturated heterocycles. The van der Waals surface area contributed by atoms with Crippen molar-refractivity contribution in [3.8, 4) is 10.4 Å². The molecule has 108 valence electrons. The van der Waals surface area contributed by atoms with Gasteiger partial charge in [0.25, 0.3) is 0 Å². The normalized spacial score (nSPS) is 13.2. The smallest absolute Gasteiger partial charge is 0.0893 e. The minimum atomic E-state index is 0.755. The SMILES string of the molecule is Clc1ccc(C2=CNSc3sc(-c4ccncc4)cc32)cc1. The van der Waals surface area contributed by atoms with Crippen LogP contribution in [0.1, 0.15) is 11.1 Å². The highest BCUT2D eigenvalue weighted by Gasteiger charge is 2.19. The predicted molar refractivity (Wildman–Crippen MR) is 95.1 cm³/mol. The van der Waals surface area contributed by atoms with E-state index in [1.807, 2.05) is 36.7 Å². The standard InChI is InChI=1S/C17H11ClN2S2/c18-13-3-1-11(2-4-13)15-10-20-22-17-14(15)9-16(21-17)12-5-7-19-8-6-12/h1-10,20H. The largest absolute Gasteiger partial charge is 0.331 e. The van der Waals surface area contributed by atoms with E-state index in [2.05, 4.69) is 34.1 Å². The molecule has 2 nitrogen and oxygen atoms in total. The van der Waals surface area contributed by atoms with E-state index in [-0.39, 0.29) is 0 Å². The first-order valence-corrected chi connectivity index (χ1v) is 8.75. The van der Waals surface area contributed by atoms with Gasteiger partial charge in [0.05, 0.1) is 4.21 Å². The number of rotatable bonds is 2. The highest BCUT2D eigenvalue weighted by Crippen LogP contribution is 2.43. The van der Waals surface area contributed by atoms with Crippen LogP contribution in [0.15, 0.2) is 65.3 Å². The van der Waals surface area contributed by atoms with E-state index in [1.165, 1.54) is 25.8 Å². The zero-order chi connectivity index (χ0) is 14.9. The Morgan fingerprint density at radius 1 is 0.955 bits per heavy atom. The Labute approximate surface area is 142 Å².